The summed E-state index contributed by atoms with van der Waals surface area (Å²) >= 11 is 0. The normalized spacial score (nSPS) is 27.6. The molecule has 43 heavy (non-hydrogen) atoms. The van der Waals surface area contributed by atoms with Crippen LogP contribution in [0.1, 0.15) is 38.7 Å². The predicted molar refractivity (Wildman–Crippen MR) is 150 cm³/mol. The zero-order valence-corrected chi connectivity index (χ0v) is 24.6. The fourth-order valence-corrected chi connectivity index (χ4v) is 5.53. The van der Waals surface area contributed by atoms with Gasteiger partial charge < -0.3 is 50.2 Å². The van der Waals surface area contributed by atoms with Gasteiger partial charge in [0.05, 0.1) is 24.7 Å². The number of benzene rings is 1. The van der Waals surface area contributed by atoms with E-state index in [1.165, 1.54) is 14.0 Å². The van der Waals surface area contributed by atoms with Crippen molar-refractivity contribution < 1.29 is 53.8 Å². The average molecular weight is 610 g/mol. The van der Waals surface area contributed by atoms with Crippen LogP contribution < -0.4 is 10.6 Å². The van der Waals surface area contributed by atoms with Gasteiger partial charge in [0.1, 0.15) is 24.4 Å². The molecule has 1 aromatic rings. The fourth-order valence-electron chi connectivity index (χ4n) is 5.53. The number of aliphatic carboxylic acids is 1. The highest BCUT2D eigenvalue weighted by Crippen LogP contribution is 2.26. The lowest BCUT2D eigenvalue weighted by atomic mass is 9.94. The van der Waals surface area contributed by atoms with E-state index in [0.717, 1.165) is 12.0 Å². The highest BCUT2D eigenvalue weighted by atomic mass is 16.7. The van der Waals surface area contributed by atoms with Gasteiger partial charge >= 0.3 is 5.97 Å². The molecule has 2 saturated heterocycles. The van der Waals surface area contributed by atoms with E-state index in [0.29, 0.717) is 13.0 Å². The maximum Gasteiger partial charge on any atom is 0.335 e. The van der Waals surface area contributed by atoms with Gasteiger partial charge in [-0.2, -0.15) is 0 Å². The van der Waals surface area contributed by atoms with Crippen molar-refractivity contribution in [1.29, 1.82) is 0 Å². The van der Waals surface area contributed by atoms with Crippen LogP contribution in [0.2, 0.25) is 0 Å². The number of aliphatic hydroxyl groups excluding tert-OH is 3. The third-order valence-electron chi connectivity index (χ3n) is 7.89. The molecule has 14 nitrogen and oxygen atoms in total. The number of methoxy groups -OCH3 is 1. The van der Waals surface area contributed by atoms with Crippen molar-refractivity contribution in [2.45, 2.75) is 88.4 Å². The first-order chi connectivity index (χ1) is 20.5. The molecule has 1 aromatic carbocycles. The minimum Gasteiger partial charge on any atom is -0.479 e. The van der Waals surface area contributed by atoms with Crippen LogP contribution in [0.5, 0.6) is 0 Å². The summed E-state index contributed by atoms with van der Waals surface area (Å²) in [6, 6.07) is 8.03. The molecule has 2 fully saturated rings. The molecule has 0 aromatic heterocycles. The van der Waals surface area contributed by atoms with Crippen molar-refractivity contribution in [1.82, 2.24) is 15.5 Å². The second-order valence-corrected chi connectivity index (χ2v) is 10.9. The number of carbonyl (C=O) groups excluding carboxylic acids is 3. The number of hydrogen-bond acceptors (Lipinski definition) is 10. The fraction of sp³-hybridized carbons (Fsp3) is 0.655. The average Bonchev–Trinajstić information content (AvgIpc) is 3.47. The third-order valence-corrected chi connectivity index (χ3v) is 7.89. The van der Waals surface area contributed by atoms with E-state index in [-0.39, 0.29) is 43.8 Å². The van der Waals surface area contributed by atoms with Crippen LogP contribution in [-0.4, -0.2) is 125 Å². The van der Waals surface area contributed by atoms with Gasteiger partial charge in [0.15, 0.2) is 12.4 Å². The van der Waals surface area contributed by atoms with Gasteiger partial charge in [0, 0.05) is 33.5 Å². The Morgan fingerprint density at radius 3 is 2.40 bits per heavy atom. The van der Waals surface area contributed by atoms with E-state index in [4.69, 9.17) is 19.3 Å². The monoisotopic (exact) mass is 609 g/mol. The molecule has 2 aliphatic heterocycles. The van der Waals surface area contributed by atoms with Crippen molar-refractivity contribution in [2.24, 2.45) is 5.92 Å². The van der Waals surface area contributed by atoms with Crippen LogP contribution in [0.4, 0.5) is 0 Å². The first kappa shape index (κ1) is 34.4. The van der Waals surface area contributed by atoms with Gasteiger partial charge in [0.25, 0.3) is 0 Å². The largest absolute Gasteiger partial charge is 0.479 e. The third kappa shape index (κ3) is 8.94. The first-order valence-electron chi connectivity index (χ1n) is 14.4. The lowest BCUT2D eigenvalue weighted by Gasteiger charge is -2.38. The summed E-state index contributed by atoms with van der Waals surface area (Å²) in [4.78, 5) is 51.7. The first-order valence-corrected chi connectivity index (χ1v) is 14.4. The standard InChI is InChI=1S/C29H43N3O11/c1-16(24(41-3)20-11-7-13-32(20)17(2)33)26(37)31-19(15-18-9-5-4-6-10-18)27(38)30-12-8-14-42-29-23(36)21(34)22(35)25(43-29)28(39)40/h4-6,9-10,16,19-25,29,34-36H,7-8,11-15H2,1-3H3,(H,30,38)(H,31,37)(H,39,40)/t16-,19+,20+,21+,22+,23-,24-,25+,29-/m1/s1. The summed E-state index contributed by atoms with van der Waals surface area (Å²) in [5.41, 5.74) is 0.831. The second-order valence-electron chi connectivity index (χ2n) is 10.9. The van der Waals surface area contributed by atoms with Crippen LogP contribution in [0.25, 0.3) is 0 Å². The lowest BCUT2D eigenvalue weighted by molar-refractivity contribution is -0.294. The van der Waals surface area contributed by atoms with Gasteiger partial charge in [0.2, 0.25) is 17.7 Å². The zero-order chi connectivity index (χ0) is 31.7. The Bertz CT molecular complexity index is 1090. The highest BCUT2D eigenvalue weighted by molar-refractivity contribution is 5.89. The maximum atomic E-state index is 13.4. The van der Waals surface area contributed by atoms with Gasteiger partial charge in [-0.25, -0.2) is 4.79 Å². The Labute approximate surface area is 250 Å². The van der Waals surface area contributed by atoms with Crippen molar-refractivity contribution >= 4 is 23.7 Å². The molecular weight excluding hydrogens is 566 g/mol. The van der Waals surface area contributed by atoms with E-state index in [1.54, 1.807) is 11.8 Å². The van der Waals surface area contributed by atoms with Crippen molar-refractivity contribution in [3.05, 3.63) is 35.9 Å². The number of carboxylic acids is 1. The number of aliphatic hydroxyl groups is 3. The molecular formula is C29H43N3O11. The number of rotatable bonds is 14. The molecule has 6 N–H and O–H groups in total. The van der Waals surface area contributed by atoms with Gasteiger partial charge in [-0.1, -0.05) is 37.3 Å². The summed E-state index contributed by atoms with van der Waals surface area (Å²) in [7, 11) is 1.50. The van der Waals surface area contributed by atoms with Crippen molar-refractivity contribution in [2.75, 3.05) is 26.8 Å². The highest BCUT2D eigenvalue weighted by Gasteiger charge is 2.47. The number of nitrogens with zero attached hydrogens (tertiary/aromatic N) is 1. The van der Waals surface area contributed by atoms with E-state index in [2.05, 4.69) is 10.6 Å². The Kier molecular flexibility index (Phi) is 12.8. The topological polar surface area (TPSA) is 204 Å². The summed E-state index contributed by atoms with van der Waals surface area (Å²) in [6.07, 6.45) is -7.11. The second kappa shape index (κ2) is 16.1. The molecule has 14 heteroatoms. The number of carbonyl (C=O) groups is 4. The van der Waals surface area contributed by atoms with E-state index in [1.807, 2.05) is 30.3 Å². The van der Waals surface area contributed by atoms with Crippen LogP contribution in [0, 0.1) is 5.92 Å². The molecule has 240 valence electrons. The minimum absolute atomic E-state index is 0.0759. The van der Waals surface area contributed by atoms with Gasteiger partial charge in [-0.3, -0.25) is 14.4 Å². The van der Waals surface area contributed by atoms with Gasteiger partial charge in [-0.15, -0.1) is 0 Å². The van der Waals surface area contributed by atoms with Gasteiger partial charge in [-0.05, 0) is 24.8 Å². The quantitative estimate of drug-likeness (QED) is 0.138. The van der Waals surface area contributed by atoms with Crippen LogP contribution in [-0.2, 0) is 39.8 Å². The Hall–Kier alpha value is -3.14. The molecule has 3 amide bonds. The molecule has 2 aliphatic rings. The van der Waals surface area contributed by atoms with Crippen LogP contribution >= 0.6 is 0 Å². The maximum absolute atomic E-state index is 13.4. The number of carboxylic acid groups (broad SMARTS) is 1. The summed E-state index contributed by atoms with van der Waals surface area (Å²) < 4.78 is 16.1. The zero-order valence-electron chi connectivity index (χ0n) is 24.6. The molecule has 0 bridgehead atoms. The SMILES string of the molecule is CO[C@H]([C@@H](C)C(=O)N[C@@H](Cc1ccccc1)C(=O)NCCCO[C@@H]1O[C@H](C(=O)O)[C@@H](O)[C@H](O)[C@H]1O)[C@@H]1CCCN1C(C)=O. The summed E-state index contributed by atoms with van der Waals surface area (Å²) in [6.45, 7) is 3.84. The number of hydrogen-bond donors (Lipinski definition) is 6. The number of likely N-dealkylation sites (tertiary alicyclic amines) is 1. The van der Waals surface area contributed by atoms with Crippen LogP contribution in [0.15, 0.2) is 30.3 Å². The molecule has 3 rings (SSSR count). The summed E-state index contributed by atoms with van der Waals surface area (Å²) in [5.74, 6) is -3.08. The minimum atomic E-state index is -1.82. The lowest BCUT2D eigenvalue weighted by Crippen LogP contribution is -2.60. The molecule has 0 unspecified atom stereocenters. The number of ether oxygens (including phenoxy) is 3. The van der Waals surface area contributed by atoms with E-state index in [9.17, 15) is 34.5 Å². The predicted octanol–water partition coefficient (Wildman–Crippen LogP) is -1.21. The van der Waals surface area contributed by atoms with Crippen molar-refractivity contribution in [3.63, 3.8) is 0 Å². The Morgan fingerprint density at radius 2 is 1.77 bits per heavy atom. The summed E-state index contributed by atoms with van der Waals surface area (Å²) in [5, 5.41) is 44.5. The molecule has 0 radical (unpaired) electrons. The Morgan fingerprint density at radius 1 is 1.07 bits per heavy atom. The smallest absolute Gasteiger partial charge is 0.335 e. The van der Waals surface area contributed by atoms with Crippen molar-refractivity contribution in [3.8, 4) is 0 Å². The van der Waals surface area contributed by atoms with E-state index >= 15 is 0 Å². The number of amides is 3. The van der Waals surface area contributed by atoms with E-state index < -0.39 is 60.6 Å². The molecule has 2 heterocycles. The molecule has 0 saturated carbocycles. The Balaban J connectivity index is 1.57. The molecule has 9 atom stereocenters. The number of nitrogens with one attached hydrogen (secondary N) is 2. The molecule has 0 aliphatic carbocycles. The molecule has 0 spiro atoms. The van der Waals surface area contributed by atoms with Crippen LogP contribution in [0.3, 0.4) is 0 Å².